The van der Waals surface area contributed by atoms with Crippen LogP contribution >= 0.6 is 0 Å². The van der Waals surface area contributed by atoms with E-state index in [1.54, 1.807) is 0 Å². The van der Waals surface area contributed by atoms with Crippen LogP contribution in [0.5, 0.6) is 0 Å². The number of piperidine rings is 1. The van der Waals surface area contributed by atoms with Crippen molar-refractivity contribution in [1.82, 2.24) is 4.90 Å². The summed E-state index contributed by atoms with van der Waals surface area (Å²) >= 11 is 0. The van der Waals surface area contributed by atoms with Crippen LogP contribution in [0.3, 0.4) is 0 Å². The maximum Gasteiger partial charge on any atom is 0.0774 e. The fraction of sp³-hybridized carbons (Fsp3) is 1.00. The van der Waals surface area contributed by atoms with Crippen molar-refractivity contribution in [2.75, 3.05) is 19.7 Å². The Hall–Kier alpha value is -0.120. The van der Waals surface area contributed by atoms with Crippen molar-refractivity contribution in [2.24, 2.45) is 5.92 Å². The first-order valence-corrected chi connectivity index (χ1v) is 7.20. The SMILES string of the molecule is CC1CCC(O)(CN2CCCC[C@@H]2CO)CC1. The minimum atomic E-state index is -0.489. The molecule has 3 nitrogen and oxygen atoms in total. The first-order valence-electron chi connectivity index (χ1n) is 7.20. The second-order valence-corrected chi connectivity index (χ2v) is 6.21. The highest BCUT2D eigenvalue weighted by Crippen LogP contribution is 2.33. The summed E-state index contributed by atoms with van der Waals surface area (Å²) in [5, 5.41) is 20.0. The Kier molecular flexibility index (Phi) is 4.45. The van der Waals surface area contributed by atoms with Crippen LogP contribution in [0.4, 0.5) is 0 Å². The lowest BCUT2D eigenvalue weighted by Crippen LogP contribution is -2.51. The molecule has 0 bridgehead atoms. The summed E-state index contributed by atoms with van der Waals surface area (Å²) in [5.74, 6) is 0.769. The summed E-state index contributed by atoms with van der Waals surface area (Å²) in [5.41, 5.74) is -0.489. The Balaban J connectivity index is 1.89. The normalized spacial score (nSPS) is 40.4. The fourth-order valence-corrected chi connectivity index (χ4v) is 3.31. The number of aliphatic hydroxyl groups is 2. The topological polar surface area (TPSA) is 43.7 Å². The summed E-state index contributed by atoms with van der Waals surface area (Å²) in [6.07, 6.45) is 7.68. The van der Waals surface area contributed by atoms with E-state index in [1.165, 1.54) is 12.8 Å². The van der Waals surface area contributed by atoms with Crippen LogP contribution in [-0.2, 0) is 0 Å². The Morgan fingerprint density at radius 1 is 1.18 bits per heavy atom. The van der Waals surface area contributed by atoms with Crippen molar-refractivity contribution in [3.63, 3.8) is 0 Å². The van der Waals surface area contributed by atoms with E-state index in [2.05, 4.69) is 11.8 Å². The molecule has 2 aliphatic rings. The van der Waals surface area contributed by atoms with Gasteiger partial charge >= 0.3 is 0 Å². The van der Waals surface area contributed by atoms with Gasteiger partial charge in [-0.2, -0.15) is 0 Å². The van der Waals surface area contributed by atoms with Gasteiger partial charge in [0.15, 0.2) is 0 Å². The van der Waals surface area contributed by atoms with E-state index < -0.39 is 5.60 Å². The second-order valence-electron chi connectivity index (χ2n) is 6.21. The minimum absolute atomic E-state index is 0.243. The number of aliphatic hydroxyl groups excluding tert-OH is 1. The van der Waals surface area contributed by atoms with Crippen LogP contribution < -0.4 is 0 Å². The molecule has 0 aromatic heterocycles. The van der Waals surface area contributed by atoms with Crippen molar-refractivity contribution in [2.45, 2.75) is 63.5 Å². The molecule has 3 heteroatoms. The number of likely N-dealkylation sites (tertiary alicyclic amines) is 1. The molecule has 1 saturated heterocycles. The molecule has 0 amide bonds. The third-order valence-electron chi connectivity index (χ3n) is 4.66. The molecule has 1 atom stereocenters. The molecular formula is C14H27NO2. The van der Waals surface area contributed by atoms with E-state index in [0.29, 0.717) is 0 Å². The molecule has 1 aliphatic carbocycles. The van der Waals surface area contributed by atoms with Crippen LogP contribution in [-0.4, -0.2) is 46.5 Å². The van der Waals surface area contributed by atoms with Crippen LogP contribution in [0, 0.1) is 5.92 Å². The van der Waals surface area contributed by atoms with Gasteiger partial charge in [0.05, 0.1) is 12.2 Å². The van der Waals surface area contributed by atoms with E-state index >= 15 is 0 Å². The summed E-state index contributed by atoms with van der Waals surface area (Å²) in [7, 11) is 0. The van der Waals surface area contributed by atoms with Crippen molar-refractivity contribution < 1.29 is 10.2 Å². The molecule has 0 spiro atoms. The van der Waals surface area contributed by atoms with Gasteiger partial charge in [-0.15, -0.1) is 0 Å². The van der Waals surface area contributed by atoms with Crippen molar-refractivity contribution in [3.8, 4) is 0 Å². The van der Waals surface area contributed by atoms with Gasteiger partial charge in [0, 0.05) is 12.6 Å². The maximum atomic E-state index is 10.6. The average molecular weight is 241 g/mol. The quantitative estimate of drug-likeness (QED) is 0.791. The molecule has 1 saturated carbocycles. The van der Waals surface area contributed by atoms with Crippen LogP contribution in [0.15, 0.2) is 0 Å². The van der Waals surface area contributed by atoms with Crippen molar-refractivity contribution in [1.29, 1.82) is 0 Å². The summed E-state index contributed by atoms with van der Waals surface area (Å²) < 4.78 is 0. The fourth-order valence-electron chi connectivity index (χ4n) is 3.31. The molecule has 1 aliphatic heterocycles. The van der Waals surface area contributed by atoms with Crippen molar-refractivity contribution in [3.05, 3.63) is 0 Å². The van der Waals surface area contributed by atoms with Crippen molar-refractivity contribution >= 4 is 0 Å². The zero-order valence-corrected chi connectivity index (χ0v) is 11.1. The van der Waals surface area contributed by atoms with E-state index in [0.717, 1.165) is 51.1 Å². The zero-order valence-electron chi connectivity index (χ0n) is 11.1. The van der Waals surface area contributed by atoms with E-state index in [4.69, 9.17) is 0 Å². The minimum Gasteiger partial charge on any atom is -0.395 e. The molecule has 0 unspecified atom stereocenters. The number of hydrogen-bond donors (Lipinski definition) is 2. The highest BCUT2D eigenvalue weighted by molar-refractivity contribution is 4.90. The monoisotopic (exact) mass is 241 g/mol. The van der Waals surface area contributed by atoms with Crippen LogP contribution in [0.1, 0.15) is 51.9 Å². The third-order valence-corrected chi connectivity index (χ3v) is 4.66. The lowest BCUT2D eigenvalue weighted by Gasteiger charge is -2.43. The summed E-state index contributed by atoms with van der Waals surface area (Å²) in [6.45, 7) is 4.33. The number of β-amino-alcohol motifs (C(OH)–C–C–N with tert-alkyl or cyclic N) is 1. The Morgan fingerprint density at radius 3 is 2.53 bits per heavy atom. The maximum absolute atomic E-state index is 10.6. The lowest BCUT2D eigenvalue weighted by atomic mass is 9.79. The van der Waals surface area contributed by atoms with Gasteiger partial charge in [-0.25, -0.2) is 0 Å². The largest absolute Gasteiger partial charge is 0.395 e. The Morgan fingerprint density at radius 2 is 1.88 bits per heavy atom. The van der Waals surface area contributed by atoms with Crippen LogP contribution in [0.25, 0.3) is 0 Å². The van der Waals surface area contributed by atoms with E-state index in [1.807, 2.05) is 0 Å². The second kappa shape index (κ2) is 5.68. The predicted octanol–water partition coefficient (Wildman–Crippen LogP) is 1.77. The molecule has 1 heterocycles. The number of rotatable bonds is 3. The first-order chi connectivity index (χ1) is 8.13. The van der Waals surface area contributed by atoms with Crippen LogP contribution in [0.2, 0.25) is 0 Å². The summed E-state index contributed by atoms with van der Waals surface area (Å²) in [4.78, 5) is 2.32. The van der Waals surface area contributed by atoms with Gasteiger partial charge in [-0.1, -0.05) is 13.3 Å². The van der Waals surface area contributed by atoms with Gasteiger partial charge < -0.3 is 10.2 Å². The van der Waals surface area contributed by atoms with Gasteiger partial charge in [0.25, 0.3) is 0 Å². The molecule has 17 heavy (non-hydrogen) atoms. The van der Waals surface area contributed by atoms with Gasteiger partial charge in [-0.05, 0) is 51.0 Å². The highest BCUT2D eigenvalue weighted by Gasteiger charge is 2.35. The highest BCUT2D eigenvalue weighted by atomic mass is 16.3. The smallest absolute Gasteiger partial charge is 0.0774 e. The molecule has 2 rings (SSSR count). The Bertz CT molecular complexity index is 236. The molecule has 2 N–H and O–H groups in total. The number of nitrogens with zero attached hydrogens (tertiary/aromatic N) is 1. The standard InChI is InChI=1S/C14H27NO2/c1-12-5-7-14(17,8-6-12)11-15-9-3-2-4-13(15)10-16/h12-13,16-17H,2-11H2,1H3/t12?,13-,14?/m1/s1. The van der Waals surface area contributed by atoms with Gasteiger partial charge in [0.1, 0.15) is 0 Å². The molecule has 0 aromatic carbocycles. The molecular weight excluding hydrogens is 214 g/mol. The van der Waals surface area contributed by atoms with Gasteiger partial charge in [0.2, 0.25) is 0 Å². The first kappa shape index (κ1) is 13.3. The van der Waals surface area contributed by atoms with E-state index in [-0.39, 0.29) is 12.6 Å². The molecule has 2 fully saturated rings. The zero-order chi connectivity index (χ0) is 12.3. The Labute approximate surface area is 105 Å². The molecule has 0 aromatic rings. The molecule has 0 radical (unpaired) electrons. The number of hydrogen-bond acceptors (Lipinski definition) is 3. The van der Waals surface area contributed by atoms with E-state index in [9.17, 15) is 10.2 Å². The third kappa shape index (κ3) is 3.43. The molecule has 100 valence electrons. The lowest BCUT2D eigenvalue weighted by molar-refractivity contribution is -0.0551. The summed E-state index contributed by atoms with van der Waals surface area (Å²) in [6, 6.07) is 0.284. The predicted molar refractivity (Wildman–Crippen MR) is 68.9 cm³/mol. The van der Waals surface area contributed by atoms with Gasteiger partial charge in [-0.3, -0.25) is 4.90 Å². The average Bonchev–Trinajstić information content (AvgIpc) is 2.34.